The van der Waals surface area contributed by atoms with Gasteiger partial charge in [-0.05, 0) is 17.5 Å². The Labute approximate surface area is 104 Å². The smallest absolute Gasteiger partial charge is 0.325 e. The first kappa shape index (κ1) is 12.2. The molecule has 1 N–H and O–H groups in total. The number of hydrogen-bond acceptors (Lipinski definition) is 3. The Balaban J connectivity index is 2.01. The SMILES string of the molecule is COC(=O)CNC(=O)Cn1ccc2ccccc21. The van der Waals surface area contributed by atoms with E-state index in [0.717, 1.165) is 10.9 Å². The molecule has 0 atom stereocenters. The number of nitrogens with one attached hydrogen (secondary N) is 1. The third-order valence-corrected chi connectivity index (χ3v) is 2.65. The van der Waals surface area contributed by atoms with Crippen molar-refractivity contribution in [2.24, 2.45) is 0 Å². The predicted octanol–water partition coefficient (Wildman–Crippen LogP) is 0.930. The maximum Gasteiger partial charge on any atom is 0.325 e. The summed E-state index contributed by atoms with van der Waals surface area (Å²) in [5, 5.41) is 3.58. The highest BCUT2D eigenvalue weighted by atomic mass is 16.5. The number of methoxy groups -OCH3 is 1. The number of rotatable bonds is 4. The molecule has 2 aromatic rings. The van der Waals surface area contributed by atoms with E-state index in [-0.39, 0.29) is 19.0 Å². The highest BCUT2D eigenvalue weighted by Gasteiger charge is 2.07. The molecule has 0 aliphatic heterocycles. The lowest BCUT2D eigenvalue weighted by molar-refractivity contribution is -0.141. The summed E-state index contributed by atoms with van der Waals surface area (Å²) in [6.45, 7) is 0.0824. The van der Waals surface area contributed by atoms with Crippen LogP contribution in [0.1, 0.15) is 0 Å². The van der Waals surface area contributed by atoms with Gasteiger partial charge in [-0.25, -0.2) is 0 Å². The number of carbonyl (C=O) groups excluding carboxylic acids is 2. The van der Waals surface area contributed by atoms with Gasteiger partial charge in [0, 0.05) is 11.7 Å². The normalized spacial score (nSPS) is 10.3. The van der Waals surface area contributed by atoms with Gasteiger partial charge in [0.2, 0.25) is 5.91 Å². The molecule has 1 amide bonds. The van der Waals surface area contributed by atoms with E-state index >= 15 is 0 Å². The summed E-state index contributed by atoms with van der Waals surface area (Å²) in [6.07, 6.45) is 1.85. The minimum Gasteiger partial charge on any atom is -0.468 e. The van der Waals surface area contributed by atoms with Gasteiger partial charge in [0.1, 0.15) is 13.1 Å². The van der Waals surface area contributed by atoms with E-state index in [2.05, 4.69) is 10.1 Å². The second-order valence-corrected chi connectivity index (χ2v) is 3.86. The van der Waals surface area contributed by atoms with Crippen molar-refractivity contribution >= 4 is 22.8 Å². The van der Waals surface area contributed by atoms with Crippen LogP contribution in [0.5, 0.6) is 0 Å². The third kappa shape index (κ3) is 2.68. The van der Waals surface area contributed by atoms with Gasteiger partial charge < -0.3 is 14.6 Å². The molecule has 0 spiro atoms. The van der Waals surface area contributed by atoms with Gasteiger partial charge in [0.25, 0.3) is 0 Å². The minimum atomic E-state index is -0.458. The van der Waals surface area contributed by atoms with Crippen LogP contribution >= 0.6 is 0 Å². The van der Waals surface area contributed by atoms with Crippen LogP contribution < -0.4 is 5.32 Å². The Morgan fingerprint density at radius 1 is 1.28 bits per heavy atom. The highest BCUT2D eigenvalue weighted by molar-refractivity contribution is 5.85. The van der Waals surface area contributed by atoms with Crippen molar-refractivity contribution in [3.05, 3.63) is 36.5 Å². The van der Waals surface area contributed by atoms with E-state index < -0.39 is 5.97 Å². The van der Waals surface area contributed by atoms with Gasteiger partial charge in [0.15, 0.2) is 0 Å². The molecule has 0 bridgehead atoms. The molecule has 1 aromatic carbocycles. The van der Waals surface area contributed by atoms with Crippen LogP contribution in [0.2, 0.25) is 0 Å². The summed E-state index contributed by atoms with van der Waals surface area (Å²) >= 11 is 0. The largest absolute Gasteiger partial charge is 0.468 e. The summed E-state index contributed by atoms with van der Waals surface area (Å²) in [5.41, 5.74) is 0.991. The number of nitrogens with zero attached hydrogens (tertiary/aromatic N) is 1. The quantitative estimate of drug-likeness (QED) is 0.816. The molecule has 5 heteroatoms. The molecule has 18 heavy (non-hydrogen) atoms. The lowest BCUT2D eigenvalue weighted by Crippen LogP contribution is -2.32. The average molecular weight is 246 g/mol. The zero-order valence-corrected chi connectivity index (χ0v) is 10.1. The fraction of sp³-hybridized carbons (Fsp3) is 0.231. The summed E-state index contributed by atoms with van der Waals surface area (Å²) in [5.74, 6) is -0.678. The van der Waals surface area contributed by atoms with E-state index in [1.54, 1.807) is 0 Å². The van der Waals surface area contributed by atoms with Crippen LogP contribution in [0.4, 0.5) is 0 Å². The standard InChI is InChI=1S/C13H14N2O3/c1-18-13(17)8-14-12(16)9-15-7-6-10-4-2-3-5-11(10)15/h2-7H,8-9H2,1H3,(H,14,16). The van der Waals surface area contributed by atoms with Crippen molar-refractivity contribution in [2.45, 2.75) is 6.54 Å². The number of amides is 1. The van der Waals surface area contributed by atoms with Crippen molar-refractivity contribution in [1.29, 1.82) is 0 Å². The zero-order valence-electron chi connectivity index (χ0n) is 10.1. The van der Waals surface area contributed by atoms with Crippen molar-refractivity contribution in [1.82, 2.24) is 9.88 Å². The van der Waals surface area contributed by atoms with Crippen LogP contribution in [0, 0.1) is 0 Å². The lowest BCUT2D eigenvalue weighted by atomic mass is 10.2. The van der Waals surface area contributed by atoms with Crippen molar-refractivity contribution in [3.8, 4) is 0 Å². The molecule has 0 unspecified atom stereocenters. The molecule has 0 aliphatic rings. The molecule has 1 heterocycles. The number of esters is 1. The number of para-hydroxylation sites is 1. The molecule has 0 aliphatic carbocycles. The molecular weight excluding hydrogens is 232 g/mol. The topological polar surface area (TPSA) is 60.3 Å². The third-order valence-electron chi connectivity index (χ3n) is 2.65. The summed E-state index contributed by atoms with van der Waals surface area (Å²) < 4.78 is 6.28. The van der Waals surface area contributed by atoms with Crippen LogP contribution in [0.3, 0.4) is 0 Å². The molecular formula is C13H14N2O3. The molecule has 5 nitrogen and oxygen atoms in total. The zero-order chi connectivity index (χ0) is 13.0. The van der Waals surface area contributed by atoms with E-state index in [1.165, 1.54) is 7.11 Å². The molecule has 1 aromatic heterocycles. The van der Waals surface area contributed by atoms with Gasteiger partial charge in [-0.2, -0.15) is 0 Å². The van der Waals surface area contributed by atoms with Gasteiger partial charge in [0.05, 0.1) is 7.11 Å². The van der Waals surface area contributed by atoms with E-state index in [4.69, 9.17) is 0 Å². The van der Waals surface area contributed by atoms with Crippen molar-refractivity contribution in [3.63, 3.8) is 0 Å². The molecule has 0 saturated carbocycles. The minimum absolute atomic E-state index is 0.103. The van der Waals surface area contributed by atoms with Crippen LogP contribution in [0.15, 0.2) is 36.5 Å². The first-order chi connectivity index (χ1) is 8.70. The van der Waals surface area contributed by atoms with Gasteiger partial charge in [-0.15, -0.1) is 0 Å². The van der Waals surface area contributed by atoms with E-state index in [1.807, 2.05) is 41.1 Å². The fourth-order valence-electron chi connectivity index (χ4n) is 1.73. The highest BCUT2D eigenvalue weighted by Crippen LogP contribution is 2.14. The van der Waals surface area contributed by atoms with Crippen LogP contribution in [-0.2, 0) is 20.9 Å². The summed E-state index contributed by atoms with van der Waals surface area (Å²) in [4.78, 5) is 22.5. The maximum atomic E-state index is 11.6. The molecule has 0 radical (unpaired) electrons. The monoisotopic (exact) mass is 246 g/mol. The fourth-order valence-corrected chi connectivity index (χ4v) is 1.73. The first-order valence-corrected chi connectivity index (χ1v) is 5.58. The van der Waals surface area contributed by atoms with Gasteiger partial charge in [-0.3, -0.25) is 9.59 Å². The summed E-state index contributed by atoms with van der Waals surface area (Å²) in [6, 6.07) is 9.75. The number of benzene rings is 1. The van der Waals surface area contributed by atoms with Crippen LogP contribution in [0.25, 0.3) is 10.9 Å². The second-order valence-electron chi connectivity index (χ2n) is 3.86. The maximum absolute atomic E-state index is 11.6. The lowest BCUT2D eigenvalue weighted by Gasteiger charge is -2.06. The second kappa shape index (κ2) is 5.35. The number of aromatic nitrogens is 1. The Morgan fingerprint density at radius 2 is 2.06 bits per heavy atom. The predicted molar refractivity (Wildman–Crippen MR) is 67.0 cm³/mol. The average Bonchev–Trinajstić information content (AvgIpc) is 2.79. The first-order valence-electron chi connectivity index (χ1n) is 5.58. The Bertz CT molecular complexity index is 574. The molecule has 94 valence electrons. The van der Waals surface area contributed by atoms with Crippen LogP contribution in [-0.4, -0.2) is 30.1 Å². The van der Waals surface area contributed by atoms with Gasteiger partial charge in [-0.1, -0.05) is 18.2 Å². The van der Waals surface area contributed by atoms with E-state index in [0.29, 0.717) is 0 Å². The Hall–Kier alpha value is -2.30. The number of carbonyl (C=O) groups is 2. The number of fused-ring (bicyclic) bond motifs is 1. The summed E-state index contributed by atoms with van der Waals surface area (Å²) in [7, 11) is 1.29. The molecule has 0 saturated heterocycles. The molecule has 2 rings (SSSR count). The molecule has 0 fully saturated rings. The Kier molecular flexibility index (Phi) is 3.62. The Morgan fingerprint density at radius 3 is 2.83 bits per heavy atom. The van der Waals surface area contributed by atoms with Crippen molar-refractivity contribution in [2.75, 3.05) is 13.7 Å². The number of hydrogen-bond donors (Lipinski definition) is 1. The van der Waals surface area contributed by atoms with Crippen molar-refractivity contribution < 1.29 is 14.3 Å². The number of ether oxygens (including phenoxy) is 1. The van der Waals surface area contributed by atoms with Gasteiger partial charge >= 0.3 is 5.97 Å². The van der Waals surface area contributed by atoms with E-state index in [9.17, 15) is 9.59 Å².